The molecule has 1 aliphatic rings. The number of nitrogens with zero attached hydrogens (tertiary/aromatic N) is 1. The third-order valence-corrected chi connectivity index (χ3v) is 4.06. The van der Waals surface area contributed by atoms with Crippen molar-refractivity contribution >= 4 is 11.7 Å². The molecule has 0 bridgehead atoms. The Labute approximate surface area is 131 Å². The van der Waals surface area contributed by atoms with E-state index >= 15 is 0 Å². The van der Waals surface area contributed by atoms with Crippen LogP contribution in [0, 0.1) is 5.41 Å². The van der Waals surface area contributed by atoms with E-state index in [1.165, 1.54) is 0 Å². The lowest BCUT2D eigenvalue weighted by Crippen LogP contribution is -2.50. The van der Waals surface area contributed by atoms with Gasteiger partial charge in [-0.15, -0.1) is 13.2 Å². The van der Waals surface area contributed by atoms with Crippen molar-refractivity contribution in [2.24, 2.45) is 5.41 Å². The van der Waals surface area contributed by atoms with Gasteiger partial charge in [0.25, 0.3) is 0 Å². The molecule has 0 atom stereocenters. The highest BCUT2D eigenvalue weighted by Crippen LogP contribution is 2.37. The highest BCUT2D eigenvalue weighted by Gasteiger charge is 2.47. The van der Waals surface area contributed by atoms with Crippen molar-refractivity contribution in [1.82, 2.24) is 4.90 Å². The summed E-state index contributed by atoms with van der Waals surface area (Å²) in [5.74, 6) is -0.319. The molecule has 114 valence electrons. The van der Waals surface area contributed by atoms with Gasteiger partial charge in [-0.1, -0.05) is 42.5 Å². The maximum absolute atomic E-state index is 13.0. The first-order valence-corrected chi connectivity index (χ1v) is 7.35. The van der Waals surface area contributed by atoms with Crippen LogP contribution in [0.4, 0.5) is 0 Å². The zero-order chi connectivity index (χ0) is 16.2. The number of carbonyl (C=O) groups excluding carboxylic acids is 2. The van der Waals surface area contributed by atoms with E-state index in [9.17, 15) is 9.59 Å². The molecule has 0 spiro atoms. The zero-order valence-electron chi connectivity index (χ0n) is 12.9. The lowest BCUT2D eigenvalue weighted by molar-refractivity contribution is -0.148. The molecular formula is C19H21NO2. The van der Waals surface area contributed by atoms with E-state index in [1.54, 1.807) is 30.1 Å². The van der Waals surface area contributed by atoms with Gasteiger partial charge in [0, 0.05) is 11.8 Å². The first kappa shape index (κ1) is 16.0. The van der Waals surface area contributed by atoms with Gasteiger partial charge in [0.1, 0.15) is 5.41 Å². The normalized spacial score (nSPS) is 17.1. The van der Waals surface area contributed by atoms with Crippen LogP contribution in [-0.2, 0) is 16.1 Å². The maximum Gasteiger partial charge on any atom is 0.241 e. The monoisotopic (exact) mass is 295 g/mol. The summed E-state index contributed by atoms with van der Waals surface area (Å²) in [4.78, 5) is 27.2. The second kappa shape index (κ2) is 6.56. The Bertz CT molecular complexity index is 618. The molecule has 3 heteroatoms. The van der Waals surface area contributed by atoms with Crippen LogP contribution < -0.4 is 0 Å². The van der Waals surface area contributed by atoms with Gasteiger partial charge in [-0.2, -0.15) is 0 Å². The second-order valence-electron chi connectivity index (χ2n) is 5.59. The van der Waals surface area contributed by atoms with Crippen molar-refractivity contribution in [3.63, 3.8) is 0 Å². The molecule has 0 radical (unpaired) electrons. The van der Waals surface area contributed by atoms with Gasteiger partial charge >= 0.3 is 0 Å². The van der Waals surface area contributed by atoms with Gasteiger partial charge in [-0.25, -0.2) is 0 Å². The largest absolute Gasteiger partial charge is 0.311 e. The number of hydrogen-bond donors (Lipinski definition) is 0. The number of hydrogen-bond acceptors (Lipinski definition) is 2. The van der Waals surface area contributed by atoms with E-state index in [1.807, 2.05) is 30.3 Å². The fraction of sp³-hybridized carbons (Fsp3) is 0.263. The summed E-state index contributed by atoms with van der Waals surface area (Å²) >= 11 is 0. The summed E-state index contributed by atoms with van der Waals surface area (Å²) in [6, 6.07) is 9.76. The molecular weight excluding hydrogens is 274 g/mol. The minimum atomic E-state index is -1.09. The van der Waals surface area contributed by atoms with E-state index < -0.39 is 5.41 Å². The van der Waals surface area contributed by atoms with Crippen LogP contribution in [0.2, 0.25) is 0 Å². The number of benzene rings is 1. The zero-order valence-corrected chi connectivity index (χ0v) is 12.9. The SMILES string of the molecule is C=CCC1(CC=C)C(=O)C=C(C)N(Cc2ccccc2)C1=O. The van der Waals surface area contributed by atoms with Crippen molar-refractivity contribution in [2.75, 3.05) is 0 Å². The molecule has 22 heavy (non-hydrogen) atoms. The van der Waals surface area contributed by atoms with E-state index in [-0.39, 0.29) is 11.7 Å². The Hall–Kier alpha value is -2.42. The summed E-state index contributed by atoms with van der Waals surface area (Å²) in [5.41, 5.74) is 0.629. The molecule has 1 aliphatic heterocycles. The van der Waals surface area contributed by atoms with Crippen LogP contribution in [0.5, 0.6) is 0 Å². The molecule has 1 amide bonds. The number of carbonyl (C=O) groups is 2. The van der Waals surface area contributed by atoms with Crippen LogP contribution in [0.15, 0.2) is 67.4 Å². The summed E-state index contributed by atoms with van der Waals surface area (Å²) in [7, 11) is 0. The number of ketones is 1. The number of allylic oxidation sites excluding steroid dienone is 4. The summed E-state index contributed by atoms with van der Waals surface area (Å²) in [5, 5.41) is 0. The quantitative estimate of drug-likeness (QED) is 0.593. The minimum Gasteiger partial charge on any atom is -0.311 e. The smallest absolute Gasteiger partial charge is 0.241 e. The Morgan fingerprint density at radius 2 is 1.68 bits per heavy atom. The van der Waals surface area contributed by atoms with Crippen LogP contribution in [-0.4, -0.2) is 16.6 Å². The summed E-state index contributed by atoms with van der Waals surface area (Å²) in [6.07, 6.45) is 5.48. The average molecular weight is 295 g/mol. The number of rotatable bonds is 6. The lowest BCUT2D eigenvalue weighted by Gasteiger charge is -2.38. The maximum atomic E-state index is 13.0. The van der Waals surface area contributed by atoms with Gasteiger partial charge in [0.15, 0.2) is 5.78 Å². The molecule has 0 fully saturated rings. The average Bonchev–Trinajstić information content (AvgIpc) is 2.51. The molecule has 1 aromatic rings. The minimum absolute atomic E-state index is 0.154. The van der Waals surface area contributed by atoms with Crippen molar-refractivity contribution in [3.05, 3.63) is 73.0 Å². The van der Waals surface area contributed by atoms with Crippen LogP contribution in [0.3, 0.4) is 0 Å². The molecule has 0 saturated carbocycles. The molecule has 3 nitrogen and oxygen atoms in total. The Balaban J connectivity index is 2.40. The Kier molecular flexibility index (Phi) is 4.76. The van der Waals surface area contributed by atoms with E-state index in [4.69, 9.17) is 0 Å². The van der Waals surface area contributed by atoms with E-state index in [0.29, 0.717) is 25.1 Å². The van der Waals surface area contributed by atoms with Crippen molar-refractivity contribution in [2.45, 2.75) is 26.3 Å². The summed E-state index contributed by atoms with van der Waals surface area (Å²) < 4.78 is 0. The fourth-order valence-electron chi connectivity index (χ4n) is 2.84. The molecule has 0 aliphatic carbocycles. The highest BCUT2D eigenvalue weighted by molar-refractivity contribution is 6.14. The summed E-state index contributed by atoms with van der Waals surface area (Å²) in [6.45, 7) is 9.66. The Morgan fingerprint density at radius 1 is 1.09 bits per heavy atom. The van der Waals surface area contributed by atoms with Crippen LogP contribution in [0.1, 0.15) is 25.3 Å². The molecule has 0 unspecified atom stereocenters. The molecule has 2 rings (SSSR count). The molecule has 1 heterocycles. The van der Waals surface area contributed by atoms with Crippen molar-refractivity contribution in [1.29, 1.82) is 0 Å². The van der Waals surface area contributed by atoms with Crippen LogP contribution >= 0.6 is 0 Å². The van der Waals surface area contributed by atoms with E-state index in [2.05, 4.69) is 13.2 Å². The number of amides is 1. The topological polar surface area (TPSA) is 37.4 Å². The van der Waals surface area contributed by atoms with Crippen molar-refractivity contribution in [3.8, 4) is 0 Å². The van der Waals surface area contributed by atoms with E-state index in [0.717, 1.165) is 5.56 Å². The van der Waals surface area contributed by atoms with Gasteiger partial charge in [0.05, 0.1) is 6.54 Å². The third-order valence-electron chi connectivity index (χ3n) is 4.06. The predicted octanol–water partition coefficient (Wildman–Crippen LogP) is 3.64. The van der Waals surface area contributed by atoms with Crippen LogP contribution in [0.25, 0.3) is 0 Å². The fourth-order valence-corrected chi connectivity index (χ4v) is 2.84. The Morgan fingerprint density at radius 3 is 2.23 bits per heavy atom. The standard InChI is InChI=1S/C19H21NO2/c1-4-11-19(12-5-2)17(21)13-15(3)20(18(19)22)14-16-9-7-6-8-10-16/h4-10,13H,1-2,11-12,14H2,3H3. The second-order valence-corrected chi connectivity index (χ2v) is 5.59. The molecule has 0 aromatic heterocycles. The molecule has 0 N–H and O–H groups in total. The van der Waals surface area contributed by atoms with Gasteiger partial charge in [0.2, 0.25) is 5.91 Å². The first-order chi connectivity index (χ1) is 10.5. The van der Waals surface area contributed by atoms with Gasteiger partial charge in [-0.05, 0) is 25.3 Å². The highest BCUT2D eigenvalue weighted by atomic mass is 16.2. The molecule has 1 aromatic carbocycles. The predicted molar refractivity (Wildman–Crippen MR) is 87.8 cm³/mol. The van der Waals surface area contributed by atoms with Crippen molar-refractivity contribution < 1.29 is 9.59 Å². The lowest BCUT2D eigenvalue weighted by atomic mass is 9.73. The third kappa shape index (κ3) is 2.80. The first-order valence-electron chi connectivity index (χ1n) is 7.35. The van der Waals surface area contributed by atoms with Gasteiger partial charge in [-0.3, -0.25) is 9.59 Å². The molecule has 0 saturated heterocycles. The van der Waals surface area contributed by atoms with Gasteiger partial charge < -0.3 is 4.90 Å².